The van der Waals surface area contributed by atoms with Gasteiger partial charge in [0.15, 0.2) is 11.5 Å². The molecule has 0 saturated carbocycles. The highest BCUT2D eigenvalue weighted by molar-refractivity contribution is 6.39. The lowest BCUT2D eigenvalue weighted by Gasteiger charge is -2.09. The van der Waals surface area contributed by atoms with E-state index in [1.54, 1.807) is 37.4 Å². The third kappa shape index (κ3) is 5.06. The number of carbonyl (C=O) groups excluding carboxylic acids is 1. The number of amides is 1. The predicted octanol–water partition coefficient (Wildman–Crippen LogP) is 3.29. The fourth-order valence-electron chi connectivity index (χ4n) is 1.77. The van der Waals surface area contributed by atoms with Gasteiger partial charge in [0.05, 0.1) is 15.7 Å². The number of nitrogens with zero attached hydrogens (tertiary/aromatic N) is 2. The van der Waals surface area contributed by atoms with E-state index in [0.29, 0.717) is 34.7 Å². The van der Waals surface area contributed by atoms with Crippen LogP contribution in [0.4, 0.5) is 11.5 Å². The van der Waals surface area contributed by atoms with Crippen LogP contribution >= 0.6 is 23.2 Å². The highest BCUT2D eigenvalue weighted by atomic mass is 35.5. The van der Waals surface area contributed by atoms with Crippen LogP contribution in [-0.2, 0) is 4.74 Å². The van der Waals surface area contributed by atoms with E-state index in [2.05, 4.69) is 20.8 Å². The maximum absolute atomic E-state index is 11.9. The Labute approximate surface area is 144 Å². The van der Waals surface area contributed by atoms with E-state index in [4.69, 9.17) is 27.9 Å². The molecule has 0 bridgehead atoms. The summed E-state index contributed by atoms with van der Waals surface area (Å²) in [4.78, 5) is 11.9. The second-order valence-electron chi connectivity index (χ2n) is 4.63. The molecule has 0 fully saturated rings. The van der Waals surface area contributed by atoms with Gasteiger partial charge in [-0.05, 0) is 30.7 Å². The minimum atomic E-state index is -0.282. The molecule has 0 radical (unpaired) electrons. The van der Waals surface area contributed by atoms with Crippen molar-refractivity contribution in [1.82, 2.24) is 15.5 Å². The molecule has 2 aromatic rings. The summed E-state index contributed by atoms with van der Waals surface area (Å²) in [6, 6.07) is 8.39. The maximum Gasteiger partial charge on any atom is 0.271 e. The van der Waals surface area contributed by atoms with Crippen molar-refractivity contribution in [2.75, 3.05) is 25.6 Å². The third-order valence-electron chi connectivity index (χ3n) is 2.92. The summed E-state index contributed by atoms with van der Waals surface area (Å²) in [5, 5.41) is 14.5. The average Bonchev–Trinajstić information content (AvgIpc) is 2.55. The van der Waals surface area contributed by atoms with Crippen LogP contribution in [0.15, 0.2) is 30.3 Å². The van der Waals surface area contributed by atoms with Crippen molar-refractivity contribution >= 4 is 40.6 Å². The van der Waals surface area contributed by atoms with Crippen molar-refractivity contribution in [3.63, 3.8) is 0 Å². The quantitative estimate of drug-likeness (QED) is 0.746. The first kappa shape index (κ1) is 17.5. The Morgan fingerprint density at radius 3 is 2.52 bits per heavy atom. The van der Waals surface area contributed by atoms with Gasteiger partial charge in [-0.2, -0.15) is 0 Å². The van der Waals surface area contributed by atoms with E-state index in [0.717, 1.165) is 6.42 Å². The Hall–Kier alpha value is -1.89. The largest absolute Gasteiger partial charge is 0.385 e. The van der Waals surface area contributed by atoms with Crippen molar-refractivity contribution in [3.05, 3.63) is 46.1 Å². The lowest BCUT2D eigenvalue weighted by Crippen LogP contribution is -2.26. The van der Waals surface area contributed by atoms with Gasteiger partial charge in [0.1, 0.15) is 0 Å². The standard InChI is InChI=1S/C15H16Cl2N4O2/c1-23-9-3-8-18-15(22)12-6-7-13(21-20-12)19-14-10(16)4-2-5-11(14)17/h2,4-7H,3,8-9H2,1H3,(H,18,22)(H,19,21). The van der Waals surface area contributed by atoms with Gasteiger partial charge < -0.3 is 15.4 Å². The molecule has 23 heavy (non-hydrogen) atoms. The van der Waals surface area contributed by atoms with E-state index >= 15 is 0 Å². The van der Waals surface area contributed by atoms with Crippen LogP contribution in [0.25, 0.3) is 0 Å². The molecule has 8 heteroatoms. The predicted molar refractivity (Wildman–Crippen MR) is 90.6 cm³/mol. The summed E-state index contributed by atoms with van der Waals surface area (Å²) in [7, 11) is 1.62. The van der Waals surface area contributed by atoms with Gasteiger partial charge in [-0.1, -0.05) is 29.3 Å². The molecule has 0 atom stereocenters. The zero-order valence-electron chi connectivity index (χ0n) is 12.5. The van der Waals surface area contributed by atoms with E-state index < -0.39 is 0 Å². The van der Waals surface area contributed by atoms with Crippen LogP contribution in [0.2, 0.25) is 10.0 Å². The van der Waals surface area contributed by atoms with Gasteiger partial charge in [0.25, 0.3) is 5.91 Å². The molecule has 0 aliphatic rings. The number of methoxy groups -OCH3 is 1. The molecule has 0 aliphatic carbocycles. The molecule has 0 saturated heterocycles. The zero-order valence-corrected chi connectivity index (χ0v) is 14.0. The van der Waals surface area contributed by atoms with Crippen molar-refractivity contribution in [2.45, 2.75) is 6.42 Å². The minimum absolute atomic E-state index is 0.234. The first-order chi connectivity index (χ1) is 11.1. The second-order valence-corrected chi connectivity index (χ2v) is 5.44. The Morgan fingerprint density at radius 2 is 1.91 bits per heavy atom. The molecule has 1 aromatic carbocycles. The normalized spacial score (nSPS) is 10.4. The summed E-state index contributed by atoms with van der Waals surface area (Å²) < 4.78 is 4.91. The van der Waals surface area contributed by atoms with Crippen molar-refractivity contribution < 1.29 is 9.53 Å². The Bertz CT molecular complexity index is 645. The SMILES string of the molecule is COCCCNC(=O)c1ccc(Nc2c(Cl)cccc2Cl)nn1. The molecular formula is C15H16Cl2N4O2. The first-order valence-electron chi connectivity index (χ1n) is 6.93. The van der Waals surface area contributed by atoms with Gasteiger partial charge in [0.2, 0.25) is 0 Å². The number of aromatic nitrogens is 2. The van der Waals surface area contributed by atoms with Crippen molar-refractivity contribution in [2.24, 2.45) is 0 Å². The summed E-state index contributed by atoms with van der Waals surface area (Å²) in [5.41, 5.74) is 0.778. The molecule has 6 nitrogen and oxygen atoms in total. The zero-order chi connectivity index (χ0) is 16.7. The Kier molecular flexibility index (Phi) is 6.58. The molecule has 2 rings (SSSR count). The van der Waals surface area contributed by atoms with E-state index in [1.807, 2.05) is 0 Å². The number of para-hydroxylation sites is 1. The van der Waals surface area contributed by atoms with Crippen molar-refractivity contribution in [1.29, 1.82) is 0 Å². The molecule has 1 amide bonds. The van der Waals surface area contributed by atoms with Gasteiger partial charge in [-0.15, -0.1) is 10.2 Å². The lowest BCUT2D eigenvalue weighted by atomic mass is 10.3. The summed E-state index contributed by atoms with van der Waals surface area (Å²) in [6.07, 6.45) is 0.736. The number of halogens is 2. The number of nitrogens with one attached hydrogen (secondary N) is 2. The lowest BCUT2D eigenvalue weighted by molar-refractivity contribution is 0.0942. The number of carbonyl (C=O) groups is 1. The number of benzene rings is 1. The van der Waals surface area contributed by atoms with Crippen LogP contribution in [0.5, 0.6) is 0 Å². The molecular weight excluding hydrogens is 339 g/mol. The smallest absolute Gasteiger partial charge is 0.271 e. The van der Waals surface area contributed by atoms with Gasteiger partial charge >= 0.3 is 0 Å². The number of hydrogen-bond acceptors (Lipinski definition) is 5. The van der Waals surface area contributed by atoms with Gasteiger partial charge in [-0.25, -0.2) is 0 Å². The van der Waals surface area contributed by atoms with Crippen molar-refractivity contribution in [3.8, 4) is 0 Å². The fourth-order valence-corrected chi connectivity index (χ4v) is 2.27. The molecule has 2 N–H and O–H groups in total. The summed E-state index contributed by atoms with van der Waals surface area (Å²) in [6.45, 7) is 1.11. The molecule has 0 aliphatic heterocycles. The average molecular weight is 355 g/mol. The van der Waals surface area contributed by atoms with E-state index in [-0.39, 0.29) is 11.6 Å². The van der Waals surface area contributed by atoms with Crippen LogP contribution in [0.1, 0.15) is 16.9 Å². The maximum atomic E-state index is 11.9. The number of anilines is 2. The van der Waals surface area contributed by atoms with E-state index in [1.165, 1.54) is 0 Å². The summed E-state index contributed by atoms with van der Waals surface area (Å²) in [5.74, 6) is 0.159. The van der Waals surface area contributed by atoms with Crippen LogP contribution in [0, 0.1) is 0 Å². The Morgan fingerprint density at radius 1 is 1.17 bits per heavy atom. The topological polar surface area (TPSA) is 76.1 Å². The molecule has 122 valence electrons. The number of ether oxygens (including phenoxy) is 1. The highest BCUT2D eigenvalue weighted by Crippen LogP contribution is 2.31. The number of hydrogen-bond donors (Lipinski definition) is 2. The fraction of sp³-hybridized carbons (Fsp3) is 0.267. The van der Waals surface area contributed by atoms with Crippen LogP contribution < -0.4 is 10.6 Å². The number of rotatable bonds is 7. The van der Waals surface area contributed by atoms with Gasteiger partial charge in [0, 0.05) is 20.3 Å². The monoisotopic (exact) mass is 354 g/mol. The molecule has 0 spiro atoms. The van der Waals surface area contributed by atoms with E-state index in [9.17, 15) is 4.79 Å². The van der Waals surface area contributed by atoms with Crippen LogP contribution in [0.3, 0.4) is 0 Å². The van der Waals surface area contributed by atoms with Gasteiger partial charge in [-0.3, -0.25) is 4.79 Å². The Balaban J connectivity index is 1.98. The summed E-state index contributed by atoms with van der Waals surface area (Å²) >= 11 is 12.1. The minimum Gasteiger partial charge on any atom is -0.385 e. The first-order valence-corrected chi connectivity index (χ1v) is 7.69. The molecule has 1 heterocycles. The second kappa shape index (κ2) is 8.67. The highest BCUT2D eigenvalue weighted by Gasteiger charge is 2.10. The van der Waals surface area contributed by atoms with Crippen LogP contribution in [-0.4, -0.2) is 36.4 Å². The third-order valence-corrected chi connectivity index (χ3v) is 3.55. The molecule has 1 aromatic heterocycles. The molecule has 0 unspecified atom stereocenters.